The number of amides is 3. The fourth-order valence-electron chi connectivity index (χ4n) is 2.11. The minimum atomic E-state index is -0.465. The number of rotatable bonds is 3. The van der Waals surface area contributed by atoms with Gasteiger partial charge in [-0.25, -0.2) is 9.59 Å². The molecule has 1 aromatic rings. The molecular formula is C14H19N3O3S. The summed E-state index contributed by atoms with van der Waals surface area (Å²) in [5, 5.41) is 5.32. The Kier molecular flexibility index (Phi) is 5.32. The minimum absolute atomic E-state index is 0.0154. The van der Waals surface area contributed by atoms with Gasteiger partial charge in [-0.1, -0.05) is 12.1 Å². The molecule has 1 atom stereocenters. The van der Waals surface area contributed by atoms with Crippen LogP contribution in [0.15, 0.2) is 24.3 Å². The summed E-state index contributed by atoms with van der Waals surface area (Å²) < 4.78 is 4.82. The molecule has 1 saturated heterocycles. The zero-order chi connectivity index (χ0) is 15.2. The first-order chi connectivity index (χ1) is 10.2. The molecule has 2 rings (SSSR count). The lowest BCUT2D eigenvalue weighted by Crippen LogP contribution is -2.37. The second-order valence-electron chi connectivity index (χ2n) is 4.44. The second-order valence-corrected chi connectivity index (χ2v) is 5.63. The molecule has 0 spiro atoms. The summed E-state index contributed by atoms with van der Waals surface area (Å²) in [6.07, 6.45) is -0.465. The maximum Gasteiger partial charge on any atom is 0.411 e. The van der Waals surface area contributed by atoms with E-state index in [1.165, 1.54) is 0 Å². The Morgan fingerprint density at radius 2 is 2.10 bits per heavy atom. The molecule has 6 nitrogen and oxygen atoms in total. The van der Waals surface area contributed by atoms with Gasteiger partial charge >= 0.3 is 12.1 Å². The van der Waals surface area contributed by atoms with Crippen LogP contribution in [0.3, 0.4) is 0 Å². The maximum absolute atomic E-state index is 11.8. The van der Waals surface area contributed by atoms with E-state index in [9.17, 15) is 9.59 Å². The fourth-order valence-corrected chi connectivity index (χ4v) is 3.37. The number of nitrogens with zero attached hydrogens (tertiary/aromatic N) is 1. The van der Waals surface area contributed by atoms with Crippen LogP contribution in [0.4, 0.5) is 15.3 Å². The predicted octanol–water partition coefficient (Wildman–Crippen LogP) is 2.64. The number of benzene rings is 1. The number of carbonyl (C=O) groups excluding carboxylic acids is 2. The van der Waals surface area contributed by atoms with Crippen LogP contribution in [0.1, 0.15) is 17.9 Å². The van der Waals surface area contributed by atoms with Gasteiger partial charge in [-0.05, 0) is 24.6 Å². The normalized spacial score (nSPS) is 17.4. The number of anilines is 1. The van der Waals surface area contributed by atoms with Gasteiger partial charge in [-0.15, -0.1) is 11.8 Å². The van der Waals surface area contributed by atoms with Crippen LogP contribution in [-0.4, -0.2) is 43.0 Å². The van der Waals surface area contributed by atoms with E-state index in [1.807, 2.05) is 24.3 Å². The molecule has 0 aromatic heterocycles. The maximum atomic E-state index is 11.8. The Labute approximate surface area is 128 Å². The molecule has 1 aromatic carbocycles. The lowest BCUT2D eigenvalue weighted by Gasteiger charge is -2.23. The molecule has 3 amide bonds. The number of carbonyl (C=O) groups is 2. The molecule has 0 saturated carbocycles. The first kappa shape index (κ1) is 15.5. The zero-order valence-electron chi connectivity index (χ0n) is 12.1. The quantitative estimate of drug-likeness (QED) is 0.900. The summed E-state index contributed by atoms with van der Waals surface area (Å²) in [5.41, 5.74) is 1.71. The van der Waals surface area contributed by atoms with Crippen LogP contribution in [0.25, 0.3) is 0 Å². The van der Waals surface area contributed by atoms with Crippen molar-refractivity contribution in [3.8, 4) is 0 Å². The van der Waals surface area contributed by atoms with Crippen LogP contribution in [-0.2, 0) is 4.74 Å². The van der Waals surface area contributed by atoms with E-state index in [-0.39, 0.29) is 11.4 Å². The molecule has 0 radical (unpaired) electrons. The number of hydrogen-bond donors (Lipinski definition) is 2. The van der Waals surface area contributed by atoms with Crippen LogP contribution in [0.5, 0.6) is 0 Å². The number of nitrogens with one attached hydrogen (secondary N) is 2. The van der Waals surface area contributed by atoms with Crippen molar-refractivity contribution in [2.45, 2.75) is 12.3 Å². The summed E-state index contributed by atoms with van der Waals surface area (Å²) in [6, 6.07) is 7.39. The molecule has 1 heterocycles. The molecule has 114 valence electrons. The van der Waals surface area contributed by atoms with Gasteiger partial charge in [0.25, 0.3) is 0 Å². The van der Waals surface area contributed by atoms with Crippen molar-refractivity contribution in [1.82, 2.24) is 10.2 Å². The van der Waals surface area contributed by atoms with Crippen molar-refractivity contribution in [2.24, 2.45) is 0 Å². The third-order valence-electron chi connectivity index (χ3n) is 3.08. The van der Waals surface area contributed by atoms with Crippen molar-refractivity contribution >= 4 is 29.6 Å². The van der Waals surface area contributed by atoms with Crippen molar-refractivity contribution in [3.63, 3.8) is 0 Å². The lowest BCUT2D eigenvalue weighted by atomic mass is 10.2. The van der Waals surface area contributed by atoms with E-state index in [1.54, 1.807) is 30.6 Å². The Hall–Kier alpha value is -1.89. The average molecular weight is 309 g/mol. The first-order valence-electron chi connectivity index (χ1n) is 6.79. The summed E-state index contributed by atoms with van der Waals surface area (Å²) in [4.78, 5) is 24.9. The Morgan fingerprint density at radius 1 is 1.38 bits per heavy atom. The van der Waals surface area contributed by atoms with E-state index < -0.39 is 6.09 Å². The molecule has 7 heteroatoms. The number of urea groups is 1. The van der Waals surface area contributed by atoms with Gasteiger partial charge < -0.3 is 15.0 Å². The Balaban J connectivity index is 2.04. The number of thioether (sulfide) groups is 1. The van der Waals surface area contributed by atoms with Gasteiger partial charge in [-0.2, -0.15) is 0 Å². The summed E-state index contributed by atoms with van der Waals surface area (Å²) in [6.45, 7) is 2.83. The van der Waals surface area contributed by atoms with Gasteiger partial charge in [0.05, 0.1) is 6.61 Å². The van der Waals surface area contributed by atoms with Crippen molar-refractivity contribution in [3.05, 3.63) is 29.8 Å². The van der Waals surface area contributed by atoms with E-state index >= 15 is 0 Å². The minimum Gasteiger partial charge on any atom is -0.450 e. The largest absolute Gasteiger partial charge is 0.450 e. The van der Waals surface area contributed by atoms with E-state index in [4.69, 9.17) is 4.74 Å². The third-order valence-corrected chi connectivity index (χ3v) is 4.34. The topological polar surface area (TPSA) is 70.7 Å². The summed E-state index contributed by atoms with van der Waals surface area (Å²) in [5.74, 6) is 0.918. The standard InChI is InChI=1S/C14H19N3O3S/c1-3-20-14(19)16-11-6-4-10(5-7-11)12-17(8-9-21-12)13(18)15-2/h4-7,12H,3,8-9H2,1-2H3,(H,15,18)(H,16,19). The van der Waals surface area contributed by atoms with E-state index in [0.717, 1.165) is 17.9 Å². The van der Waals surface area contributed by atoms with Crippen LogP contribution >= 0.6 is 11.8 Å². The van der Waals surface area contributed by atoms with E-state index in [2.05, 4.69) is 10.6 Å². The molecule has 0 bridgehead atoms. The monoisotopic (exact) mass is 309 g/mol. The summed E-state index contributed by atoms with van der Waals surface area (Å²) >= 11 is 1.73. The van der Waals surface area contributed by atoms with Gasteiger partial charge in [0.1, 0.15) is 5.37 Å². The highest BCUT2D eigenvalue weighted by Crippen LogP contribution is 2.38. The number of ether oxygens (including phenoxy) is 1. The second kappa shape index (κ2) is 7.21. The van der Waals surface area contributed by atoms with Gasteiger partial charge in [0.2, 0.25) is 0 Å². The molecule has 1 fully saturated rings. The predicted molar refractivity (Wildman–Crippen MR) is 83.4 cm³/mol. The van der Waals surface area contributed by atoms with Crippen LogP contribution < -0.4 is 10.6 Å². The van der Waals surface area contributed by atoms with Crippen LogP contribution in [0, 0.1) is 0 Å². The Bertz CT molecular complexity index is 507. The van der Waals surface area contributed by atoms with Gasteiger partial charge in [0, 0.05) is 25.0 Å². The molecule has 1 aliphatic heterocycles. The van der Waals surface area contributed by atoms with Crippen molar-refractivity contribution in [1.29, 1.82) is 0 Å². The highest BCUT2D eigenvalue weighted by molar-refractivity contribution is 7.99. The van der Waals surface area contributed by atoms with Gasteiger partial charge in [-0.3, -0.25) is 5.32 Å². The Morgan fingerprint density at radius 3 is 2.71 bits per heavy atom. The zero-order valence-corrected chi connectivity index (χ0v) is 12.9. The fraction of sp³-hybridized carbons (Fsp3) is 0.429. The molecule has 1 aliphatic rings. The smallest absolute Gasteiger partial charge is 0.411 e. The molecule has 0 aliphatic carbocycles. The highest BCUT2D eigenvalue weighted by Gasteiger charge is 2.29. The molecule has 1 unspecified atom stereocenters. The van der Waals surface area contributed by atoms with E-state index in [0.29, 0.717) is 12.3 Å². The van der Waals surface area contributed by atoms with Gasteiger partial charge in [0.15, 0.2) is 0 Å². The van der Waals surface area contributed by atoms with Crippen molar-refractivity contribution < 1.29 is 14.3 Å². The summed E-state index contributed by atoms with van der Waals surface area (Å²) in [7, 11) is 1.63. The SMILES string of the molecule is CCOC(=O)Nc1ccc(C2SCCN2C(=O)NC)cc1. The number of hydrogen-bond acceptors (Lipinski definition) is 4. The molecule has 21 heavy (non-hydrogen) atoms. The van der Waals surface area contributed by atoms with Crippen LogP contribution in [0.2, 0.25) is 0 Å². The third kappa shape index (κ3) is 3.81. The molecule has 2 N–H and O–H groups in total. The average Bonchev–Trinajstić information content (AvgIpc) is 2.97. The molecular weight excluding hydrogens is 290 g/mol. The lowest BCUT2D eigenvalue weighted by molar-refractivity contribution is 0.168. The highest BCUT2D eigenvalue weighted by atomic mass is 32.2. The van der Waals surface area contributed by atoms with Crippen molar-refractivity contribution in [2.75, 3.05) is 31.3 Å². The first-order valence-corrected chi connectivity index (χ1v) is 7.84.